The molecular weight excluding hydrogens is 648 g/mol. The summed E-state index contributed by atoms with van der Waals surface area (Å²) in [6, 6.07) is 19.0. The summed E-state index contributed by atoms with van der Waals surface area (Å²) in [5.74, 6) is -0.448. The van der Waals surface area contributed by atoms with Crippen LogP contribution >= 0.6 is 35.0 Å². The van der Waals surface area contributed by atoms with Crippen LogP contribution in [0.25, 0.3) is 10.9 Å². The molecule has 0 radical (unpaired) electrons. The third-order valence-corrected chi connectivity index (χ3v) is 10.8. The van der Waals surface area contributed by atoms with Crippen molar-refractivity contribution in [3.8, 4) is 0 Å². The number of halogens is 3. The fraction of sp³-hybridized carbons (Fsp3) is 0.324. The Bertz CT molecular complexity index is 1760. The predicted molar refractivity (Wildman–Crippen MR) is 180 cm³/mol. The van der Waals surface area contributed by atoms with Gasteiger partial charge in [-0.25, -0.2) is 9.18 Å². The van der Waals surface area contributed by atoms with Gasteiger partial charge in [-0.1, -0.05) is 65.7 Å². The van der Waals surface area contributed by atoms with Crippen molar-refractivity contribution < 1.29 is 18.8 Å². The van der Waals surface area contributed by atoms with E-state index in [2.05, 4.69) is 10.3 Å². The molecule has 0 spiro atoms. The van der Waals surface area contributed by atoms with Crippen LogP contribution < -0.4 is 5.32 Å². The molecule has 240 valence electrons. The van der Waals surface area contributed by atoms with E-state index >= 15 is 0 Å². The zero-order chi connectivity index (χ0) is 32.4. The van der Waals surface area contributed by atoms with Crippen molar-refractivity contribution in [2.45, 2.75) is 36.4 Å². The summed E-state index contributed by atoms with van der Waals surface area (Å²) >= 11 is 13.8. The summed E-state index contributed by atoms with van der Waals surface area (Å²) in [4.78, 5) is 50.2. The molecule has 2 saturated heterocycles. The van der Waals surface area contributed by atoms with Crippen LogP contribution in [0, 0.1) is 5.82 Å². The van der Waals surface area contributed by atoms with Gasteiger partial charge in [0.1, 0.15) is 10.6 Å². The lowest BCUT2D eigenvalue weighted by Gasteiger charge is -2.42. The minimum atomic E-state index is -1.22. The molecule has 0 saturated carbocycles. The van der Waals surface area contributed by atoms with Crippen LogP contribution in [0.4, 0.5) is 9.18 Å². The van der Waals surface area contributed by atoms with E-state index in [0.29, 0.717) is 49.1 Å². The average Bonchev–Trinajstić information content (AvgIpc) is 3.59. The number of fused-ring (bicyclic) bond motifs is 1. The number of piperazine rings is 1. The van der Waals surface area contributed by atoms with Crippen molar-refractivity contribution in [1.29, 1.82) is 0 Å². The molecule has 2 aliphatic rings. The van der Waals surface area contributed by atoms with E-state index < -0.39 is 16.6 Å². The number of likely N-dealkylation sites (tertiary alicyclic amines) is 1. The van der Waals surface area contributed by atoms with Crippen molar-refractivity contribution in [3.63, 3.8) is 0 Å². The first kappa shape index (κ1) is 32.2. The van der Waals surface area contributed by atoms with Gasteiger partial charge in [-0.3, -0.25) is 9.59 Å². The van der Waals surface area contributed by atoms with Gasteiger partial charge < -0.3 is 25.0 Å². The van der Waals surface area contributed by atoms with Gasteiger partial charge in [0.15, 0.2) is 0 Å². The SMILES string of the molecule is CCNC(=O)N1CCN(C(=O)[C@]2(SCc3ccccc3)CC(=O)N(Cc3ccc(Cl)c(F)c3)[C@H]2c2c[nH]c3cc(Cl)ccc23)CC1. The van der Waals surface area contributed by atoms with E-state index in [0.717, 1.165) is 22.0 Å². The van der Waals surface area contributed by atoms with E-state index in [1.165, 1.54) is 23.9 Å². The van der Waals surface area contributed by atoms with Crippen LogP contribution in [0.2, 0.25) is 10.0 Å². The van der Waals surface area contributed by atoms with Crippen LogP contribution in [0.3, 0.4) is 0 Å². The molecule has 4 aromatic rings. The molecule has 3 aromatic carbocycles. The van der Waals surface area contributed by atoms with Crippen molar-refractivity contribution in [2.75, 3.05) is 32.7 Å². The summed E-state index contributed by atoms with van der Waals surface area (Å²) in [6.07, 6.45) is 1.80. The van der Waals surface area contributed by atoms with Crippen LogP contribution in [0.1, 0.15) is 36.1 Å². The van der Waals surface area contributed by atoms with Gasteiger partial charge in [0.2, 0.25) is 11.8 Å². The van der Waals surface area contributed by atoms with Crippen LogP contribution in [0.5, 0.6) is 0 Å². The lowest BCUT2D eigenvalue weighted by molar-refractivity contribution is -0.136. The Hall–Kier alpha value is -3.73. The monoisotopic (exact) mass is 681 g/mol. The first-order chi connectivity index (χ1) is 22.2. The fourth-order valence-electron chi connectivity index (χ4n) is 6.41. The van der Waals surface area contributed by atoms with Gasteiger partial charge in [-0.05, 0) is 42.3 Å². The maximum Gasteiger partial charge on any atom is 0.317 e. The Labute approximate surface area is 281 Å². The number of benzene rings is 3. The predicted octanol–water partition coefficient (Wildman–Crippen LogP) is 6.63. The highest BCUT2D eigenvalue weighted by atomic mass is 35.5. The normalized spacial score (nSPS) is 20.0. The zero-order valence-electron chi connectivity index (χ0n) is 25.3. The van der Waals surface area contributed by atoms with Gasteiger partial charge in [0, 0.05) is 72.7 Å². The number of rotatable bonds is 8. The molecule has 12 heteroatoms. The summed E-state index contributed by atoms with van der Waals surface area (Å²) in [5.41, 5.74) is 3.15. The highest BCUT2D eigenvalue weighted by molar-refractivity contribution is 8.00. The third-order valence-electron chi connectivity index (χ3n) is 8.68. The number of hydrogen-bond acceptors (Lipinski definition) is 4. The summed E-state index contributed by atoms with van der Waals surface area (Å²) < 4.78 is 13.4. The number of H-pyrrole nitrogens is 1. The number of hydrogen-bond donors (Lipinski definition) is 2. The molecule has 4 amide bonds. The number of aromatic amines is 1. The van der Waals surface area contributed by atoms with Crippen molar-refractivity contribution in [2.24, 2.45) is 0 Å². The standard InChI is InChI=1S/C34H34Cl2FN5O3S/c1-2-38-33(45)41-14-12-40(13-15-41)32(44)34(46-21-22-6-4-3-5-7-22)18-30(43)42(20-23-8-11-27(36)28(37)16-23)31(34)26-19-39-29-17-24(35)9-10-25(26)29/h3-11,16-17,19,31,39H,2,12-15,18,20-21H2,1H3,(H,38,45)/t31-,34-/m0/s1. The van der Waals surface area contributed by atoms with E-state index in [4.69, 9.17) is 23.2 Å². The van der Waals surface area contributed by atoms with Crippen LogP contribution in [-0.2, 0) is 21.9 Å². The maximum atomic E-state index is 15.0. The Kier molecular flexibility index (Phi) is 9.49. The number of thioether (sulfide) groups is 1. The minimum Gasteiger partial charge on any atom is -0.361 e. The zero-order valence-corrected chi connectivity index (χ0v) is 27.6. The molecule has 0 aliphatic carbocycles. The Balaban J connectivity index is 1.44. The second kappa shape index (κ2) is 13.6. The number of carbonyl (C=O) groups is 3. The first-order valence-corrected chi connectivity index (χ1v) is 16.9. The summed E-state index contributed by atoms with van der Waals surface area (Å²) in [5, 5.41) is 4.23. The number of urea groups is 1. The molecule has 2 fully saturated rings. The quantitative estimate of drug-likeness (QED) is 0.218. The lowest BCUT2D eigenvalue weighted by Crippen LogP contribution is -2.58. The molecule has 0 unspecified atom stereocenters. The fourth-order valence-corrected chi connectivity index (χ4v) is 8.21. The molecule has 3 heterocycles. The second-order valence-electron chi connectivity index (χ2n) is 11.6. The average molecular weight is 683 g/mol. The molecule has 0 bridgehead atoms. The second-order valence-corrected chi connectivity index (χ2v) is 13.7. The van der Waals surface area contributed by atoms with E-state index in [1.807, 2.05) is 55.6 Å². The maximum absolute atomic E-state index is 15.0. The van der Waals surface area contributed by atoms with E-state index in [-0.39, 0.29) is 35.8 Å². The highest BCUT2D eigenvalue weighted by Gasteiger charge is 2.59. The van der Waals surface area contributed by atoms with Gasteiger partial charge in [0.05, 0.1) is 17.5 Å². The molecule has 8 nitrogen and oxygen atoms in total. The highest BCUT2D eigenvalue weighted by Crippen LogP contribution is 2.54. The minimum absolute atomic E-state index is 0.00347. The van der Waals surface area contributed by atoms with Crippen molar-refractivity contribution in [3.05, 3.63) is 105 Å². The third kappa shape index (κ3) is 6.30. The van der Waals surface area contributed by atoms with Crippen molar-refractivity contribution >= 4 is 63.7 Å². The number of amides is 4. The van der Waals surface area contributed by atoms with Gasteiger partial charge in [0.25, 0.3) is 0 Å². The number of nitrogens with one attached hydrogen (secondary N) is 2. The first-order valence-electron chi connectivity index (χ1n) is 15.2. The molecule has 2 atom stereocenters. The summed E-state index contributed by atoms with van der Waals surface area (Å²) in [7, 11) is 0. The van der Waals surface area contributed by atoms with Crippen LogP contribution in [-0.4, -0.2) is 75.0 Å². The molecule has 1 aromatic heterocycles. The molecular formula is C34H34Cl2FN5O3S. The van der Waals surface area contributed by atoms with Crippen LogP contribution in [0.15, 0.2) is 72.9 Å². The van der Waals surface area contributed by atoms with E-state index in [9.17, 15) is 18.8 Å². The smallest absolute Gasteiger partial charge is 0.317 e. The Morgan fingerprint density at radius 1 is 1.00 bits per heavy atom. The number of aromatic nitrogens is 1. The lowest BCUT2D eigenvalue weighted by atomic mass is 9.90. The Morgan fingerprint density at radius 2 is 1.74 bits per heavy atom. The van der Waals surface area contributed by atoms with Gasteiger partial charge in [-0.15, -0.1) is 11.8 Å². The van der Waals surface area contributed by atoms with Gasteiger partial charge >= 0.3 is 6.03 Å². The molecule has 6 rings (SSSR count). The molecule has 46 heavy (non-hydrogen) atoms. The molecule has 2 aliphatic heterocycles. The van der Waals surface area contributed by atoms with E-state index in [1.54, 1.807) is 26.8 Å². The largest absolute Gasteiger partial charge is 0.361 e. The topological polar surface area (TPSA) is 88.8 Å². The summed E-state index contributed by atoms with van der Waals surface area (Å²) in [6.45, 7) is 3.93. The van der Waals surface area contributed by atoms with Crippen molar-refractivity contribution in [1.82, 2.24) is 25.0 Å². The number of nitrogens with zero attached hydrogens (tertiary/aromatic N) is 3. The molecule has 2 N–H and O–H groups in total. The number of carbonyl (C=O) groups excluding carboxylic acids is 3. The Morgan fingerprint density at radius 3 is 2.46 bits per heavy atom. The van der Waals surface area contributed by atoms with Gasteiger partial charge in [-0.2, -0.15) is 0 Å².